The zero-order valence-corrected chi connectivity index (χ0v) is 60.1. The van der Waals surface area contributed by atoms with E-state index in [4.69, 9.17) is 0 Å². The average molecular weight is 1390 g/mol. The number of oxime groups is 1. The number of Topliss-reactive ketones (excluding diaryl/α,β-unsaturated/α-hetero) is 1. The molecule has 0 radical (unpaired) electrons. The maximum atomic E-state index is 14.2. The Bertz CT molecular complexity index is 3510. The molecule has 2 saturated carbocycles. The highest BCUT2D eigenvalue weighted by molar-refractivity contribution is 7.89. The Kier molecular flexibility index (Phi) is 27.6. The van der Waals surface area contributed by atoms with Crippen LogP contribution in [-0.2, 0) is 45.3 Å². The van der Waals surface area contributed by atoms with Gasteiger partial charge in [0, 0.05) is 105 Å². The van der Waals surface area contributed by atoms with Crippen LogP contribution in [0.2, 0.25) is 0 Å². The minimum absolute atomic E-state index is 0.103. The molecule has 6 fully saturated rings. The first-order valence-electron chi connectivity index (χ1n) is 34.9. The number of carbonyl (C=O) groups excluding carboxylic acids is 1. The van der Waals surface area contributed by atoms with Crippen LogP contribution in [0.1, 0.15) is 139 Å². The summed E-state index contributed by atoms with van der Waals surface area (Å²) in [6, 6.07) is 33.8. The summed E-state index contributed by atoms with van der Waals surface area (Å²) >= 11 is 0. The van der Waals surface area contributed by atoms with E-state index >= 15 is 0 Å². The Hall–Kier alpha value is -4.90. The van der Waals surface area contributed by atoms with Gasteiger partial charge in [-0.05, 0) is 187 Å². The first-order chi connectivity index (χ1) is 45.6. The van der Waals surface area contributed by atoms with Gasteiger partial charge in [0.2, 0.25) is 20.0 Å². The molecule has 0 unspecified atom stereocenters. The smallest absolute Gasteiger partial charge is 0.282 e. The lowest BCUT2D eigenvalue weighted by atomic mass is 9.89. The summed E-state index contributed by atoms with van der Waals surface area (Å²) in [5.74, 6) is 1.41. The van der Waals surface area contributed by atoms with E-state index in [1.165, 1.54) is 96.9 Å². The molecular weight excluding hydrogens is 1280 g/mol. The van der Waals surface area contributed by atoms with Crippen LogP contribution in [-0.4, -0.2) is 232 Å². The Morgan fingerprint density at radius 3 is 1.06 bits per heavy atom. The van der Waals surface area contributed by atoms with Crippen molar-refractivity contribution in [2.75, 3.05) is 156 Å². The molecular formula is C70H107N11O10S4. The zero-order valence-electron chi connectivity index (χ0n) is 56.8. The first kappa shape index (κ1) is 74.3. The molecule has 0 amide bonds. The van der Waals surface area contributed by atoms with E-state index in [-0.39, 0.29) is 67.9 Å². The first-order valence-corrected chi connectivity index (χ1v) is 40.6. The van der Waals surface area contributed by atoms with Gasteiger partial charge in [-0.3, -0.25) is 4.79 Å². The maximum absolute atomic E-state index is 14.2. The molecule has 0 aromatic heterocycles. The lowest BCUT2D eigenvalue weighted by molar-refractivity contribution is -0.119. The van der Waals surface area contributed by atoms with Crippen LogP contribution in [0.5, 0.6) is 0 Å². The molecule has 4 heterocycles. The van der Waals surface area contributed by atoms with Crippen LogP contribution in [0.25, 0.3) is 0 Å². The maximum Gasteiger partial charge on any atom is 0.282 e. The second kappa shape index (κ2) is 35.2. The highest BCUT2D eigenvalue weighted by Gasteiger charge is 2.39. The molecule has 21 nitrogen and oxygen atoms in total. The minimum atomic E-state index is -3.98. The highest BCUT2D eigenvalue weighted by Crippen LogP contribution is 2.33. The van der Waals surface area contributed by atoms with Crippen molar-refractivity contribution in [3.8, 4) is 0 Å². The number of benzene rings is 4. The Balaban J connectivity index is 0.000000223. The number of sulfonamides is 2. The lowest BCUT2D eigenvalue weighted by Gasteiger charge is -2.36. The van der Waals surface area contributed by atoms with E-state index in [0.29, 0.717) is 95.2 Å². The summed E-state index contributed by atoms with van der Waals surface area (Å²) < 4.78 is 121. The number of anilines is 2. The van der Waals surface area contributed by atoms with E-state index < -0.39 is 46.2 Å². The molecule has 4 aromatic carbocycles. The van der Waals surface area contributed by atoms with Gasteiger partial charge in [0.05, 0.1) is 41.7 Å². The molecule has 2 aliphatic carbocycles. The predicted molar refractivity (Wildman–Crippen MR) is 379 cm³/mol. The molecule has 4 aromatic rings. The monoisotopic (exact) mass is 1390 g/mol. The number of piperidine rings is 2. The fourth-order valence-electron chi connectivity index (χ4n) is 14.8. The van der Waals surface area contributed by atoms with Crippen molar-refractivity contribution in [1.82, 2.24) is 35.6 Å². The topological polar surface area (TPSA) is 219 Å². The van der Waals surface area contributed by atoms with E-state index in [1.54, 1.807) is 52.8 Å². The van der Waals surface area contributed by atoms with Crippen LogP contribution in [0.3, 0.4) is 0 Å². The SMILES string of the molecule is CN(C)c1ccc(S(=O)(=O)N2CCCN(CC3CCCCC3)CCCN(S(=O)(=O)N3CCC(c4ccccc4)CC3)C/C(=N\O)C2)cc1.CN(C)c1ccc(S(=O)(=O)N2CCCN(CC3CCCCC3)CCCN(S(=O)(=O)N3CCC(c4ccccc4)CC3)CC(=O)C2)cc1. The molecule has 0 spiro atoms. The average Bonchev–Trinajstić information content (AvgIpc) is 0.869. The third-order valence-corrected chi connectivity index (χ3v) is 28.0. The van der Waals surface area contributed by atoms with Crippen LogP contribution in [0, 0.1) is 11.8 Å². The number of hydrogen-bond acceptors (Lipinski definition) is 15. The van der Waals surface area contributed by atoms with Gasteiger partial charge < -0.3 is 24.8 Å². The summed E-state index contributed by atoms with van der Waals surface area (Å²) in [6.45, 7) is 6.20. The van der Waals surface area contributed by atoms with Crippen LogP contribution in [0.15, 0.2) is 124 Å². The van der Waals surface area contributed by atoms with E-state index in [9.17, 15) is 43.7 Å². The lowest BCUT2D eigenvalue weighted by Crippen LogP contribution is -2.51. The van der Waals surface area contributed by atoms with Gasteiger partial charge in [0.25, 0.3) is 20.4 Å². The van der Waals surface area contributed by atoms with Crippen molar-refractivity contribution in [3.05, 3.63) is 120 Å². The normalized spacial score (nSPS) is 22.4. The third kappa shape index (κ3) is 20.6. The molecule has 6 aliphatic rings. The number of nitrogens with zero attached hydrogens (tertiary/aromatic N) is 11. The van der Waals surface area contributed by atoms with Crippen molar-refractivity contribution in [1.29, 1.82) is 0 Å². The molecule has 4 aliphatic heterocycles. The number of ketones is 1. The van der Waals surface area contributed by atoms with E-state index in [2.05, 4.69) is 39.2 Å². The predicted octanol–water partition coefficient (Wildman–Crippen LogP) is 9.09. The van der Waals surface area contributed by atoms with Gasteiger partial charge in [-0.15, -0.1) is 0 Å². The second-order valence-corrected chi connectivity index (χ2v) is 35.3. The third-order valence-electron chi connectivity index (χ3n) is 20.3. The van der Waals surface area contributed by atoms with Gasteiger partial charge in [-0.1, -0.05) is 104 Å². The van der Waals surface area contributed by atoms with E-state index in [1.807, 2.05) is 74.4 Å². The minimum Gasteiger partial charge on any atom is -0.411 e. The zero-order chi connectivity index (χ0) is 67.6. The second-order valence-electron chi connectivity index (χ2n) is 27.5. The molecule has 95 heavy (non-hydrogen) atoms. The van der Waals surface area contributed by atoms with Crippen LogP contribution >= 0.6 is 0 Å². The van der Waals surface area contributed by atoms with Crippen molar-refractivity contribution in [2.45, 2.75) is 137 Å². The van der Waals surface area contributed by atoms with Gasteiger partial charge in [0.1, 0.15) is 0 Å². The number of hydrogen-bond donors (Lipinski definition) is 1. The fourth-order valence-corrected chi connectivity index (χ4v) is 21.0. The quantitative estimate of drug-likeness (QED) is 0.0818. The van der Waals surface area contributed by atoms with Crippen molar-refractivity contribution in [3.63, 3.8) is 0 Å². The van der Waals surface area contributed by atoms with Crippen LogP contribution in [0.4, 0.5) is 11.4 Å². The standard InChI is InChI=1S/C35H54N6O5S2.C35H53N5O5S2/c1-37(2)34-15-17-35(18-16-34)47(43,44)40-23-9-21-38(27-30-11-5-3-6-12-30)22-10-24-41(29-33(28-40)36-42)48(45,46)39-25-19-32(20-26-39)31-13-7-4-8-14-31;1-36(2)33-15-17-35(18-16-33)46(42,43)39-23-9-21-37(27-30-11-5-3-6-12-30)22-10-24-40(29-34(41)28-39)47(44,45)38-25-19-32(20-26-38)31-13-7-4-8-14-31/h4,7-8,13-18,30,32,42H,3,5-6,9-12,19-29H2,1-2H3;4,7-8,13-18,30,32H,3,5-6,9-12,19-29H2,1-2H3/b36-33-;. The van der Waals surface area contributed by atoms with Crippen molar-refractivity contribution >= 4 is 63.3 Å². The summed E-state index contributed by atoms with van der Waals surface area (Å²) in [7, 11) is -8.18. The van der Waals surface area contributed by atoms with Crippen LogP contribution < -0.4 is 9.80 Å². The Morgan fingerprint density at radius 1 is 0.379 bits per heavy atom. The molecule has 0 bridgehead atoms. The molecule has 25 heteroatoms. The molecule has 526 valence electrons. The van der Waals surface area contributed by atoms with Gasteiger partial charge in [0.15, 0.2) is 5.78 Å². The number of rotatable bonds is 16. The Morgan fingerprint density at radius 2 is 0.705 bits per heavy atom. The van der Waals surface area contributed by atoms with Gasteiger partial charge in [-0.2, -0.15) is 42.7 Å². The summed E-state index contributed by atoms with van der Waals surface area (Å²) in [5.41, 5.74) is 4.31. The summed E-state index contributed by atoms with van der Waals surface area (Å²) in [5, 5.41) is 13.6. The largest absolute Gasteiger partial charge is 0.411 e. The van der Waals surface area contributed by atoms with Gasteiger partial charge in [-0.25, -0.2) is 16.8 Å². The van der Waals surface area contributed by atoms with Crippen molar-refractivity contribution < 1.29 is 43.7 Å². The van der Waals surface area contributed by atoms with Gasteiger partial charge >= 0.3 is 0 Å². The van der Waals surface area contributed by atoms with E-state index in [0.717, 1.165) is 56.7 Å². The highest BCUT2D eigenvalue weighted by atomic mass is 32.2. The molecule has 4 saturated heterocycles. The Labute approximate surface area is 569 Å². The summed E-state index contributed by atoms with van der Waals surface area (Å²) in [6.07, 6.45) is 17.7. The fraction of sp³-hybridized carbons (Fsp3) is 0.629. The molecule has 0 atom stereocenters. The summed E-state index contributed by atoms with van der Waals surface area (Å²) in [4.78, 5) is 22.5. The number of carbonyl (C=O) groups is 1. The molecule has 1 N–H and O–H groups in total. The van der Waals surface area contributed by atoms with Crippen molar-refractivity contribution in [2.24, 2.45) is 17.0 Å². The molecule has 10 rings (SSSR count).